The van der Waals surface area contributed by atoms with Crippen molar-refractivity contribution < 1.29 is 14.3 Å². The highest BCUT2D eigenvalue weighted by atomic mass is 16.7. The molecule has 0 radical (unpaired) electrons. The lowest BCUT2D eigenvalue weighted by molar-refractivity contribution is -0.187. The second-order valence-corrected chi connectivity index (χ2v) is 4.48. The highest BCUT2D eigenvalue weighted by Crippen LogP contribution is 2.31. The third kappa shape index (κ3) is 3.10. The van der Waals surface area contributed by atoms with Gasteiger partial charge in [-0.15, -0.1) is 6.58 Å². The predicted molar refractivity (Wildman–Crippen MR) is 82.1 cm³/mol. The maximum Gasteiger partial charge on any atom is 0.261 e. The minimum absolute atomic E-state index is 0.210. The summed E-state index contributed by atoms with van der Waals surface area (Å²) in [5, 5.41) is 0. The summed E-state index contributed by atoms with van der Waals surface area (Å²) in [7, 11) is 1.47. The molecule has 2 aromatic carbocycles. The predicted octanol–water partition coefficient (Wildman–Crippen LogP) is 3.57. The topological polar surface area (TPSA) is 35.5 Å². The smallest absolute Gasteiger partial charge is 0.261 e. The molecular weight excluding hydrogens is 264 g/mol. The molecule has 0 aromatic heterocycles. The lowest BCUT2D eigenvalue weighted by Crippen LogP contribution is -2.41. The monoisotopic (exact) mass is 282 g/mol. The van der Waals surface area contributed by atoms with E-state index >= 15 is 0 Å². The van der Waals surface area contributed by atoms with Crippen LogP contribution in [0, 0.1) is 0 Å². The first kappa shape index (κ1) is 15.2. The van der Waals surface area contributed by atoms with E-state index in [1.807, 2.05) is 48.5 Å². The summed E-state index contributed by atoms with van der Waals surface area (Å²) in [5.41, 5.74) is 1.19. The fourth-order valence-electron chi connectivity index (χ4n) is 2.16. The summed E-state index contributed by atoms with van der Waals surface area (Å²) in [6, 6.07) is 18.2. The van der Waals surface area contributed by atoms with E-state index in [9.17, 15) is 4.79 Å². The third-order valence-electron chi connectivity index (χ3n) is 3.18. The molecule has 1 unspecified atom stereocenters. The van der Waals surface area contributed by atoms with Crippen LogP contribution >= 0.6 is 0 Å². The number of ketones is 1. The molecule has 1 atom stereocenters. The molecule has 0 amide bonds. The van der Waals surface area contributed by atoms with Gasteiger partial charge in [0.05, 0.1) is 6.61 Å². The number of methoxy groups -OCH3 is 1. The van der Waals surface area contributed by atoms with Gasteiger partial charge in [-0.25, -0.2) is 0 Å². The first-order valence-corrected chi connectivity index (χ1v) is 6.70. The number of hydrogen-bond donors (Lipinski definition) is 0. The SMILES string of the molecule is C=CCOC(OC)(C(=O)c1ccccc1)c1ccccc1. The summed E-state index contributed by atoms with van der Waals surface area (Å²) in [6.45, 7) is 3.84. The number of Topliss-reactive ketones (excluding diaryl/α,β-unsaturated/α-hetero) is 1. The van der Waals surface area contributed by atoms with Crippen LogP contribution in [0.1, 0.15) is 15.9 Å². The van der Waals surface area contributed by atoms with E-state index in [0.29, 0.717) is 11.1 Å². The Hall–Kier alpha value is -2.23. The quantitative estimate of drug-likeness (QED) is 0.442. The number of benzene rings is 2. The van der Waals surface area contributed by atoms with Gasteiger partial charge < -0.3 is 9.47 Å². The lowest BCUT2D eigenvalue weighted by Gasteiger charge is -2.31. The van der Waals surface area contributed by atoms with Crippen LogP contribution < -0.4 is 0 Å². The Morgan fingerprint density at radius 2 is 1.67 bits per heavy atom. The number of carbonyl (C=O) groups is 1. The lowest BCUT2D eigenvalue weighted by atomic mass is 9.96. The normalized spacial score (nSPS) is 13.4. The van der Waals surface area contributed by atoms with Crippen molar-refractivity contribution in [1.29, 1.82) is 0 Å². The minimum atomic E-state index is -1.46. The maximum absolute atomic E-state index is 12.9. The second-order valence-electron chi connectivity index (χ2n) is 4.48. The van der Waals surface area contributed by atoms with E-state index in [1.54, 1.807) is 18.2 Å². The van der Waals surface area contributed by atoms with E-state index in [-0.39, 0.29) is 12.4 Å². The van der Waals surface area contributed by atoms with Gasteiger partial charge in [-0.2, -0.15) is 0 Å². The molecule has 21 heavy (non-hydrogen) atoms. The zero-order valence-corrected chi connectivity index (χ0v) is 12.0. The number of carbonyl (C=O) groups excluding carboxylic acids is 1. The van der Waals surface area contributed by atoms with E-state index in [2.05, 4.69) is 6.58 Å². The molecule has 0 spiro atoms. The van der Waals surface area contributed by atoms with Gasteiger partial charge in [-0.1, -0.05) is 66.7 Å². The number of ether oxygens (including phenoxy) is 2. The van der Waals surface area contributed by atoms with E-state index in [1.165, 1.54) is 7.11 Å². The fourth-order valence-corrected chi connectivity index (χ4v) is 2.16. The molecule has 3 nitrogen and oxygen atoms in total. The van der Waals surface area contributed by atoms with Crippen molar-refractivity contribution >= 4 is 5.78 Å². The number of rotatable bonds is 7. The molecule has 2 aromatic rings. The summed E-state index contributed by atoms with van der Waals surface area (Å²) in [6.07, 6.45) is 1.59. The zero-order chi connectivity index (χ0) is 15.1. The minimum Gasteiger partial charge on any atom is -0.343 e. The summed E-state index contributed by atoms with van der Waals surface area (Å²) in [4.78, 5) is 12.9. The van der Waals surface area contributed by atoms with Gasteiger partial charge in [0, 0.05) is 18.2 Å². The van der Waals surface area contributed by atoms with E-state index < -0.39 is 5.79 Å². The van der Waals surface area contributed by atoms with Crippen LogP contribution in [-0.4, -0.2) is 19.5 Å². The van der Waals surface area contributed by atoms with Crippen LogP contribution in [0.4, 0.5) is 0 Å². The Bertz CT molecular complexity index is 592. The van der Waals surface area contributed by atoms with Crippen LogP contribution in [0.25, 0.3) is 0 Å². The molecular formula is C18H18O3. The van der Waals surface area contributed by atoms with Gasteiger partial charge in [-0.05, 0) is 0 Å². The van der Waals surface area contributed by atoms with Crippen molar-refractivity contribution in [3.8, 4) is 0 Å². The summed E-state index contributed by atoms with van der Waals surface area (Å²) in [5.74, 6) is -1.70. The van der Waals surface area contributed by atoms with Crippen LogP contribution in [0.3, 0.4) is 0 Å². The molecule has 0 saturated carbocycles. The van der Waals surface area contributed by atoms with Crippen molar-refractivity contribution in [1.82, 2.24) is 0 Å². The van der Waals surface area contributed by atoms with Crippen LogP contribution in [0.2, 0.25) is 0 Å². The van der Waals surface area contributed by atoms with Gasteiger partial charge >= 0.3 is 0 Å². The molecule has 0 N–H and O–H groups in total. The van der Waals surface area contributed by atoms with Crippen molar-refractivity contribution in [2.24, 2.45) is 0 Å². The highest BCUT2D eigenvalue weighted by Gasteiger charge is 2.42. The molecule has 0 heterocycles. The second kappa shape index (κ2) is 6.97. The first-order valence-electron chi connectivity index (χ1n) is 6.70. The van der Waals surface area contributed by atoms with Gasteiger partial charge in [0.1, 0.15) is 0 Å². The summed E-state index contributed by atoms with van der Waals surface area (Å²) < 4.78 is 11.3. The molecule has 108 valence electrons. The Kier molecular flexibility index (Phi) is 5.04. The molecule has 0 bridgehead atoms. The van der Waals surface area contributed by atoms with E-state index in [0.717, 1.165) is 0 Å². The molecule has 0 aliphatic rings. The van der Waals surface area contributed by atoms with Gasteiger partial charge in [-0.3, -0.25) is 4.79 Å². The highest BCUT2D eigenvalue weighted by molar-refractivity contribution is 6.02. The largest absolute Gasteiger partial charge is 0.343 e. The third-order valence-corrected chi connectivity index (χ3v) is 3.18. The van der Waals surface area contributed by atoms with Crippen molar-refractivity contribution in [3.63, 3.8) is 0 Å². The molecule has 2 rings (SSSR count). The molecule has 0 fully saturated rings. The van der Waals surface area contributed by atoms with Crippen LogP contribution in [0.5, 0.6) is 0 Å². The van der Waals surface area contributed by atoms with Gasteiger partial charge in [0.25, 0.3) is 5.79 Å². The average Bonchev–Trinajstić information content (AvgIpc) is 2.57. The molecule has 0 saturated heterocycles. The Labute approximate surface area is 124 Å². The fraction of sp³-hybridized carbons (Fsp3) is 0.167. The van der Waals surface area contributed by atoms with Crippen molar-refractivity contribution in [3.05, 3.63) is 84.4 Å². The van der Waals surface area contributed by atoms with Crippen LogP contribution in [0.15, 0.2) is 73.3 Å². The van der Waals surface area contributed by atoms with Gasteiger partial charge in [0.15, 0.2) is 0 Å². The Balaban J connectivity index is 2.49. The molecule has 3 heteroatoms. The summed E-state index contributed by atoms with van der Waals surface area (Å²) >= 11 is 0. The average molecular weight is 282 g/mol. The Morgan fingerprint density at radius 1 is 1.10 bits per heavy atom. The first-order chi connectivity index (χ1) is 10.2. The van der Waals surface area contributed by atoms with Crippen molar-refractivity contribution in [2.75, 3.05) is 13.7 Å². The number of hydrogen-bond acceptors (Lipinski definition) is 3. The van der Waals surface area contributed by atoms with Crippen molar-refractivity contribution in [2.45, 2.75) is 5.79 Å². The molecule has 0 aliphatic heterocycles. The van der Waals surface area contributed by atoms with Crippen LogP contribution in [-0.2, 0) is 15.3 Å². The van der Waals surface area contributed by atoms with E-state index in [4.69, 9.17) is 9.47 Å². The zero-order valence-electron chi connectivity index (χ0n) is 12.0. The Morgan fingerprint density at radius 3 is 2.19 bits per heavy atom. The van der Waals surface area contributed by atoms with Gasteiger partial charge in [0.2, 0.25) is 5.78 Å². The standard InChI is InChI=1S/C18H18O3/c1-3-14-21-18(20-2,16-12-8-5-9-13-16)17(19)15-10-6-4-7-11-15/h3-13H,1,14H2,2H3. The molecule has 0 aliphatic carbocycles. The maximum atomic E-state index is 12.9.